The van der Waals surface area contributed by atoms with Crippen molar-refractivity contribution < 1.29 is 4.79 Å². The van der Waals surface area contributed by atoms with Crippen LogP contribution in [0.15, 0.2) is 0 Å². The standard InChI is InChI=1S/C7H13N3O/c1-6(2)10-5-7(11)9-4-3-8/h6,10H,4-5H2,1-2H3,(H,9,11). The second kappa shape index (κ2) is 5.69. The molecule has 0 saturated heterocycles. The van der Waals surface area contributed by atoms with Gasteiger partial charge in [-0.25, -0.2) is 0 Å². The first-order chi connectivity index (χ1) is 5.16. The van der Waals surface area contributed by atoms with Crippen molar-refractivity contribution in [1.29, 1.82) is 5.26 Å². The lowest BCUT2D eigenvalue weighted by Gasteiger charge is -2.06. The highest BCUT2D eigenvalue weighted by Gasteiger charge is 1.99. The van der Waals surface area contributed by atoms with E-state index in [0.717, 1.165) is 0 Å². The van der Waals surface area contributed by atoms with Crippen LogP contribution in [0.4, 0.5) is 0 Å². The summed E-state index contributed by atoms with van der Waals surface area (Å²) < 4.78 is 0. The van der Waals surface area contributed by atoms with Crippen LogP contribution in [0, 0.1) is 11.3 Å². The molecule has 0 aliphatic carbocycles. The Labute approximate surface area is 66.6 Å². The smallest absolute Gasteiger partial charge is 0.234 e. The van der Waals surface area contributed by atoms with Crippen molar-refractivity contribution in [2.24, 2.45) is 0 Å². The largest absolute Gasteiger partial charge is 0.342 e. The van der Waals surface area contributed by atoms with Crippen molar-refractivity contribution >= 4 is 5.91 Å². The number of nitrogens with one attached hydrogen (secondary N) is 2. The minimum atomic E-state index is -0.139. The number of nitriles is 1. The Bertz CT molecular complexity index is 160. The zero-order valence-electron chi connectivity index (χ0n) is 6.85. The van der Waals surface area contributed by atoms with Crippen LogP contribution >= 0.6 is 0 Å². The van der Waals surface area contributed by atoms with Crippen molar-refractivity contribution in [3.8, 4) is 6.07 Å². The highest BCUT2D eigenvalue weighted by molar-refractivity contribution is 5.78. The molecule has 0 aromatic carbocycles. The van der Waals surface area contributed by atoms with Gasteiger partial charge in [0, 0.05) is 6.04 Å². The highest BCUT2D eigenvalue weighted by Crippen LogP contribution is 1.73. The predicted molar refractivity (Wildman–Crippen MR) is 41.8 cm³/mol. The van der Waals surface area contributed by atoms with Crippen molar-refractivity contribution in [3.05, 3.63) is 0 Å². The Morgan fingerprint density at radius 2 is 2.27 bits per heavy atom. The number of carbonyl (C=O) groups excluding carboxylic acids is 1. The van der Waals surface area contributed by atoms with Gasteiger partial charge in [0.2, 0.25) is 5.91 Å². The van der Waals surface area contributed by atoms with Gasteiger partial charge in [-0.2, -0.15) is 5.26 Å². The van der Waals surface area contributed by atoms with E-state index < -0.39 is 0 Å². The Kier molecular flexibility index (Phi) is 5.13. The third kappa shape index (κ3) is 6.81. The van der Waals surface area contributed by atoms with Gasteiger partial charge < -0.3 is 10.6 Å². The van der Waals surface area contributed by atoms with Crippen molar-refractivity contribution in [2.75, 3.05) is 13.1 Å². The SMILES string of the molecule is CC(C)NCC(=O)NCC#N. The fourth-order valence-corrected chi connectivity index (χ4v) is 0.497. The molecule has 0 heterocycles. The molecule has 62 valence electrons. The summed E-state index contributed by atoms with van der Waals surface area (Å²) in [5.74, 6) is -0.139. The molecule has 0 atom stereocenters. The molecule has 0 aromatic rings. The maximum absolute atomic E-state index is 10.8. The molecule has 1 amide bonds. The summed E-state index contributed by atoms with van der Waals surface area (Å²) in [6, 6.07) is 2.12. The van der Waals surface area contributed by atoms with Gasteiger partial charge in [0.1, 0.15) is 6.54 Å². The fraction of sp³-hybridized carbons (Fsp3) is 0.714. The van der Waals surface area contributed by atoms with E-state index in [-0.39, 0.29) is 19.0 Å². The summed E-state index contributed by atoms with van der Waals surface area (Å²) in [7, 11) is 0. The first-order valence-electron chi connectivity index (χ1n) is 3.54. The molecule has 0 rings (SSSR count). The minimum absolute atomic E-state index is 0.0820. The predicted octanol–water partition coefficient (Wildman–Crippen LogP) is -0.376. The monoisotopic (exact) mass is 155 g/mol. The molecule has 0 spiro atoms. The van der Waals surface area contributed by atoms with Gasteiger partial charge in [-0.05, 0) is 0 Å². The second-order valence-corrected chi connectivity index (χ2v) is 2.47. The molecule has 0 aromatic heterocycles. The molecule has 0 aliphatic heterocycles. The van der Waals surface area contributed by atoms with Crippen LogP contribution in [0.25, 0.3) is 0 Å². The van der Waals surface area contributed by atoms with E-state index in [0.29, 0.717) is 6.04 Å². The van der Waals surface area contributed by atoms with Gasteiger partial charge in [-0.15, -0.1) is 0 Å². The van der Waals surface area contributed by atoms with Gasteiger partial charge in [-0.1, -0.05) is 13.8 Å². The quantitative estimate of drug-likeness (QED) is 0.544. The lowest BCUT2D eigenvalue weighted by molar-refractivity contribution is -0.120. The first-order valence-corrected chi connectivity index (χ1v) is 3.54. The Morgan fingerprint density at radius 1 is 1.64 bits per heavy atom. The maximum Gasteiger partial charge on any atom is 0.234 e. The Morgan fingerprint density at radius 3 is 2.73 bits per heavy atom. The molecule has 4 heteroatoms. The topological polar surface area (TPSA) is 64.9 Å². The molecule has 0 radical (unpaired) electrons. The van der Waals surface area contributed by atoms with Crippen LogP contribution in [-0.2, 0) is 4.79 Å². The van der Waals surface area contributed by atoms with E-state index in [1.54, 1.807) is 0 Å². The normalized spacial score (nSPS) is 9.27. The summed E-state index contributed by atoms with van der Waals surface area (Å²) >= 11 is 0. The van der Waals surface area contributed by atoms with E-state index in [9.17, 15) is 4.79 Å². The molecule has 0 fully saturated rings. The Hall–Kier alpha value is -1.08. The summed E-state index contributed by atoms with van der Waals surface area (Å²) in [6.45, 7) is 4.27. The van der Waals surface area contributed by atoms with Crippen LogP contribution in [-0.4, -0.2) is 25.0 Å². The second-order valence-electron chi connectivity index (χ2n) is 2.47. The van der Waals surface area contributed by atoms with Crippen LogP contribution in [0.1, 0.15) is 13.8 Å². The molecular formula is C7H13N3O. The highest BCUT2D eigenvalue weighted by atomic mass is 16.1. The molecule has 0 saturated carbocycles. The third-order valence-corrected chi connectivity index (χ3v) is 1.04. The number of hydrogen-bond acceptors (Lipinski definition) is 3. The average Bonchev–Trinajstić information content (AvgIpc) is 1.97. The van der Waals surface area contributed by atoms with Crippen molar-refractivity contribution in [1.82, 2.24) is 10.6 Å². The van der Waals surface area contributed by atoms with Crippen LogP contribution < -0.4 is 10.6 Å². The van der Waals surface area contributed by atoms with Crippen LogP contribution in [0.5, 0.6) is 0 Å². The molecule has 0 bridgehead atoms. The summed E-state index contributed by atoms with van der Waals surface area (Å²) in [5.41, 5.74) is 0. The summed E-state index contributed by atoms with van der Waals surface area (Å²) in [5, 5.41) is 13.5. The van der Waals surface area contributed by atoms with Crippen LogP contribution in [0.3, 0.4) is 0 Å². The van der Waals surface area contributed by atoms with Gasteiger partial charge in [-0.3, -0.25) is 4.79 Å². The van der Waals surface area contributed by atoms with Gasteiger partial charge >= 0.3 is 0 Å². The molecular weight excluding hydrogens is 142 g/mol. The number of carbonyl (C=O) groups is 1. The van der Waals surface area contributed by atoms with E-state index in [1.165, 1.54) is 0 Å². The van der Waals surface area contributed by atoms with Gasteiger partial charge in [0.15, 0.2) is 0 Å². The van der Waals surface area contributed by atoms with E-state index >= 15 is 0 Å². The summed E-state index contributed by atoms with van der Waals surface area (Å²) in [4.78, 5) is 10.8. The third-order valence-electron chi connectivity index (χ3n) is 1.04. The van der Waals surface area contributed by atoms with Gasteiger partial charge in [0.05, 0.1) is 12.6 Å². The number of rotatable bonds is 4. The molecule has 2 N–H and O–H groups in total. The Balaban J connectivity index is 3.32. The van der Waals surface area contributed by atoms with Crippen LogP contribution in [0.2, 0.25) is 0 Å². The minimum Gasteiger partial charge on any atom is -0.342 e. The first kappa shape index (κ1) is 9.92. The van der Waals surface area contributed by atoms with E-state index in [1.807, 2.05) is 19.9 Å². The molecule has 0 unspecified atom stereocenters. The average molecular weight is 155 g/mol. The van der Waals surface area contributed by atoms with Crippen molar-refractivity contribution in [3.63, 3.8) is 0 Å². The van der Waals surface area contributed by atoms with E-state index in [4.69, 9.17) is 5.26 Å². The zero-order chi connectivity index (χ0) is 8.69. The fourth-order valence-electron chi connectivity index (χ4n) is 0.497. The van der Waals surface area contributed by atoms with E-state index in [2.05, 4.69) is 10.6 Å². The molecule has 11 heavy (non-hydrogen) atoms. The molecule has 4 nitrogen and oxygen atoms in total. The lowest BCUT2D eigenvalue weighted by atomic mass is 10.4. The summed E-state index contributed by atoms with van der Waals surface area (Å²) in [6.07, 6.45) is 0. The molecule has 0 aliphatic rings. The van der Waals surface area contributed by atoms with Crippen molar-refractivity contribution in [2.45, 2.75) is 19.9 Å². The number of hydrogen-bond donors (Lipinski definition) is 2. The van der Waals surface area contributed by atoms with Gasteiger partial charge in [0.25, 0.3) is 0 Å². The zero-order valence-corrected chi connectivity index (χ0v) is 6.85. The maximum atomic E-state index is 10.8. The number of nitrogens with zero attached hydrogens (tertiary/aromatic N) is 1. The number of amides is 1. The lowest BCUT2D eigenvalue weighted by Crippen LogP contribution is -2.36.